The Hall–Kier alpha value is -2.90. The number of rotatable bonds is 8. The maximum absolute atomic E-state index is 12.7. The van der Waals surface area contributed by atoms with Gasteiger partial charge in [0, 0.05) is 11.3 Å². The summed E-state index contributed by atoms with van der Waals surface area (Å²) in [6.07, 6.45) is 1.29. The summed E-state index contributed by atoms with van der Waals surface area (Å²) >= 11 is 0. The summed E-state index contributed by atoms with van der Waals surface area (Å²) in [5, 5.41) is 5.52. The molecule has 1 aliphatic heterocycles. The van der Waals surface area contributed by atoms with Gasteiger partial charge in [0.25, 0.3) is 0 Å². The number of benzene rings is 1. The van der Waals surface area contributed by atoms with Crippen LogP contribution in [0, 0.1) is 0 Å². The summed E-state index contributed by atoms with van der Waals surface area (Å²) in [5.41, 5.74) is 1.46. The predicted molar refractivity (Wildman–Crippen MR) is 99.1 cm³/mol. The molecule has 0 radical (unpaired) electrons. The van der Waals surface area contributed by atoms with Crippen molar-refractivity contribution >= 4 is 12.0 Å². The van der Waals surface area contributed by atoms with Gasteiger partial charge in [0.1, 0.15) is 0 Å². The first-order valence-corrected chi connectivity index (χ1v) is 8.78. The molecule has 2 rings (SSSR count). The molecule has 1 heterocycles. The van der Waals surface area contributed by atoms with Crippen molar-refractivity contribution in [2.75, 3.05) is 27.9 Å². The lowest BCUT2D eigenvalue weighted by Crippen LogP contribution is -2.46. The van der Waals surface area contributed by atoms with Crippen LogP contribution in [0.1, 0.15) is 38.3 Å². The average Bonchev–Trinajstić information content (AvgIpc) is 2.66. The highest BCUT2D eigenvalue weighted by molar-refractivity contribution is 5.95. The molecule has 1 aromatic carbocycles. The Labute approximate surface area is 158 Å². The Morgan fingerprint density at radius 3 is 2.33 bits per heavy atom. The molecule has 1 aliphatic rings. The Bertz CT molecular complexity index is 744. The lowest BCUT2D eigenvalue weighted by Gasteiger charge is -2.30. The van der Waals surface area contributed by atoms with E-state index in [9.17, 15) is 9.59 Å². The monoisotopic (exact) mass is 378 g/mol. The summed E-state index contributed by atoms with van der Waals surface area (Å²) in [4.78, 5) is 24.9. The highest BCUT2D eigenvalue weighted by atomic mass is 16.5. The summed E-state index contributed by atoms with van der Waals surface area (Å²) in [6.45, 7) is 3.93. The number of urea groups is 1. The molecule has 2 amide bonds. The lowest BCUT2D eigenvalue weighted by molar-refractivity contribution is -0.139. The summed E-state index contributed by atoms with van der Waals surface area (Å²) in [7, 11) is 4.51. The Morgan fingerprint density at radius 2 is 1.78 bits per heavy atom. The molecule has 0 bridgehead atoms. The minimum atomic E-state index is -0.742. The van der Waals surface area contributed by atoms with Gasteiger partial charge in [-0.1, -0.05) is 13.3 Å². The SMILES string of the molecule is CCCC1=C(C(=O)OCC)[C@H](c2ccc(OC)c(OC)c2OC)NC(=O)N1. The number of esters is 1. The van der Waals surface area contributed by atoms with Gasteiger partial charge in [-0.25, -0.2) is 9.59 Å². The van der Waals surface area contributed by atoms with Crippen molar-refractivity contribution in [3.05, 3.63) is 29.0 Å². The van der Waals surface area contributed by atoms with Crippen LogP contribution in [0.3, 0.4) is 0 Å². The van der Waals surface area contributed by atoms with Crippen molar-refractivity contribution in [2.45, 2.75) is 32.7 Å². The van der Waals surface area contributed by atoms with Crippen molar-refractivity contribution in [1.29, 1.82) is 0 Å². The van der Waals surface area contributed by atoms with Gasteiger partial charge in [-0.15, -0.1) is 0 Å². The van der Waals surface area contributed by atoms with Crippen molar-refractivity contribution in [2.24, 2.45) is 0 Å². The zero-order valence-corrected chi connectivity index (χ0v) is 16.3. The van der Waals surface area contributed by atoms with E-state index in [0.717, 1.165) is 6.42 Å². The number of ether oxygens (including phenoxy) is 4. The van der Waals surface area contributed by atoms with Crippen LogP contribution in [-0.2, 0) is 9.53 Å². The maximum atomic E-state index is 12.7. The molecule has 27 heavy (non-hydrogen) atoms. The number of hydrogen-bond acceptors (Lipinski definition) is 6. The van der Waals surface area contributed by atoms with Crippen LogP contribution in [0.4, 0.5) is 4.79 Å². The topological polar surface area (TPSA) is 95.1 Å². The second kappa shape index (κ2) is 9.16. The molecule has 0 aromatic heterocycles. The molecule has 0 saturated carbocycles. The van der Waals surface area contributed by atoms with Crippen molar-refractivity contribution in [1.82, 2.24) is 10.6 Å². The van der Waals surface area contributed by atoms with E-state index in [-0.39, 0.29) is 6.61 Å². The standard InChI is InChI=1S/C19H26N2O6/c1-6-8-12-14(18(22)27-7-2)15(21-19(23)20-12)11-9-10-13(24-3)17(26-5)16(11)25-4/h9-10,15H,6-8H2,1-5H3,(H2,20,21,23)/t15-/m0/s1. The van der Waals surface area contributed by atoms with Gasteiger partial charge in [0.05, 0.1) is 39.6 Å². The number of methoxy groups -OCH3 is 3. The number of carbonyl (C=O) groups is 2. The van der Waals surface area contributed by atoms with Crippen molar-refractivity contribution < 1.29 is 28.5 Å². The Kier molecular flexibility index (Phi) is 6.92. The number of allylic oxidation sites excluding steroid dienone is 1. The third kappa shape index (κ3) is 4.10. The van der Waals surface area contributed by atoms with Crippen LogP contribution < -0.4 is 24.8 Å². The fourth-order valence-corrected chi connectivity index (χ4v) is 3.10. The second-order valence-corrected chi connectivity index (χ2v) is 5.82. The molecule has 1 aromatic rings. The first-order valence-electron chi connectivity index (χ1n) is 8.78. The predicted octanol–water partition coefficient (Wildman–Crippen LogP) is 2.68. The molecule has 0 fully saturated rings. The van der Waals surface area contributed by atoms with Crippen molar-refractivity contribution in [3.8, 4) is 17.2 Å². The van der Waals surface area contributed by atoms with Gasteiger partial charge < -0.3 is 29.6 Å². The van der Waals surface area contributed by atoms with Crippen LogP contribution in [-0.4, -0.2) is 39.9 Å². The Morgan fingerprint density at radius 1 is 1.07 bits per heavy atom. The minimum Gasteiger partial charge on any atom is -0.493 e. The molecular weight excluding hydrogens is 352 g/mol. The molecular formula is C19H26N2O6. The van der Waals surface area contributed by atoms with Gasteiger partial charge in [0.2, 0.25) is 5.75 Å². The number of amides is 2. The van der Waals surface area contributed by atoms with E-state index in [2.05, 4.69) is 10.6 Å². The first-order chi connectivity index (χ1) is 13.0. The minimum absolute atomic E-state index is 0.228. The van der Waals surface area contributed by atoms with Crippen LogP contribution in [0.25, 0.3) is 0 Å². The first kappa shape index (κ1) is 20.4. The van der Waals surface area contributed by atoms with Gasteiger partial charge >= 0.3 is 12.0 Å². The zero-order valence-electron chi connectivity index (χ0n) is 16.3. The van der Waals surface area contributed by atoms with E-state index < -0.39 is 18.0 Å². The second-order valence-electron chi connectivity index (χ2n) is 5.82. The fraction of sp³-hybridized carbons (Fsp3) is 0.474. The average molecular weight is 378 g/mol. The van der Waals surface area contributed by atoms with Crippen LogP contribution in [0.15, 0.2) is 23.4 Å². The quantitative estimate of drug-likeness (QED) is 0.676. The van der Waals surface area contributed by atoms with Crippen LogP contribution >= 0.6 is 0 Å². The summed E-state index contributed by atoms with van der Waals surface area (Å²) < 4.78 is 21.5. The molecule has 8 nitrogen and oxygen atoms in total. The fourth-order valence-electron chi connectivity index (χ4n) is 3.10. The summed E-state index contributed by atoms with van der Waals surface area (Å²) in [5.74, 6) is 0.747. The lowest BCUT2D eigenvalue weighted by atomic mass is 9.92. The van der Waals surface area contributed by atoms with Crippen molar-refractivity contribution in [3.63, 3.8) is 0 Å². The molecule has 0 aliphatic carbocycles. The molecule has 2 N–H and O–H groups in total. The highest BCUT2D eigenvalue weighted by Crippen LogP contribution is 2.44. The number of nitrogens with one attached hydrogen (secondary N) is 2. The molecule has 1 atom stereocenters. The van der Waals surface area contributed by atoms with Crippen LogP contribution in [0.2, 0.25) is 0 Å². The molecule has 8 heteroatoms. The third-order valence-corrected chi connectivity index (χ3v) is 4.19. The smallest absolute Gasteiger partial charge is 0.338 e. The van der Waals surface area contributed by atoms with Gasteiger partial charge in [-0.3, -0.25) is 0 Å². The van der Waals surface area contributed by atoms with Gasteiger partial charge in [-0.2, -0.15) is 0 Å². The van der Waals surface area contributed by atoms with E-state index in [0.29, 0.717) is 40.5 Å². The normalized spacial score (nSPS) is 16.3. The molecule has 148 valence electrons. The van der Waals surface area contributed by atoms with Gasteiger partial charge in [-0.05, 0) is 25.5 Å². The molecule has 0 spiro atoms. The molecule has 0 unspecified atom stereocenters. The third-order valence-electron chi connectivity index (χ3n) is 4.19. The number of carbonyl (C=O) groups excluding carboxylic acids is 2. The van der Waals surface area contributed by atoms with E-state index in [1.807, 2.05) is 6.92 Å². The van der Waals surface area contributed by atoms with E-state index >= 15 is 0 Å². The highest BCUT2D eigenvalue weighted by Gasteiger charge is 2.36. The molecule has 0 saturated heterocycles. The summed E-state index contributed by atoms with van der Waals surface area (Å²) in [6, 6.07) is 2.30. The largest absolute Gasteiger partial charge is 0.493 e. The number of hydrogen-bond donors (Lipinski definition) is 2. The zero-order chi connectivity index (χ0) is 20.0. The van der Waals surface area contributed by atoms with E-state index in [1.165, 1.54) is 21.3 Å². The van der Waals surface area contributed by atoms with E-state index in [4.69, 9.17) is 18.9 Å². The Balaban J connectivity index is 2.67. The van der Waals surface area contributed by atoms with Gasteiger partial charge in [0.15, 0.2) is 11.5 Å². The van der Waals surface area contributed by atoms with Crippen LogP contribution in [0.5, 0.6) is 17.2 Å². The van der Waals surface area contributed by atoms with E-state index in [1.54, 1.807) is 19.1 Å². The maximum Gasteiger partial charge on any atom is 0.338 e.